The Labute approximate surface area is 232 Å². The maximum atomic E-state index is 14.3. The molecular formula is C31H41N3O5. The summed E-state index contributed by atoms with van der Waals surface area (Å²) in [6, 6.07) is 11.3. The Kier molecular flexibility index (Phi) is 10.6. The maximum absolute atomic E-state index is 14.3. The molecule has 0 aliphatic rings. The highest BCUT2D eigenvalue weighted by Gasteiger charge is 2.37. The van der Waals surface area contributed by atoms with E-state index in [0.29, 0.717) is 23.1 Å². The van der Waals surface area contributed by atoms with Gasteiger partial charge >= 0.3 is 6.09 Å². The van der Waals surface area contributed by atoms with Crippen LogP contribution in [0.4, 0.5) is 4.79 Å². The number of nitrogens with zero attached hydrogens (tertiary/aromatic N) is 1. The standard InChI is InChI=1S/C31H41N3O5/c1-9-19-34(26(27(36)33-30(3,4)5)24-14-12-11-13-22(24)10-2)28(37)25(32-29(38)39-31(6,7)8)20-21-15-17-23(35)18-16-21/h2,11-18,25-26,35H,9,19-20H2,1,3-8H3,(H,32,38)(H,33,36). The lowest BCUT2D eigenvalue weighted by atomic mass is 9.95. The molecule has 2 aromatic rings. The predicted octanol–water partition coefficient (Wildman–Crippen LogP) is 4.70. The van der Waals surface area contributed by atoms with E-state index in [4.69, 9.17) is 11.2 Å². The molecule has 0 spiro atoms. The van der Waals surface area contributed by atoms with Crippen LogP contribution in [0.3, 0.4) is 0 Å². The highest BCUT2D eigenvalue weighted by molar-refractivity contribution is 5.93. The number of carbonyl (C=O) groups excluding carboxylic acids is 3. The van der Waals surface area contributed by atoms with Crippen molar-refractivity contribution in [3.63, 3.8) is 0 Å². The number of phenolic OH excluding ortho intramolecular Hbond substituents is 1. The fourth-order valence-electron chi connectivity index (χ4n) is 4.08. The summed E-state index contributed by atoms with van der Waals surface area (Å²) >= 11 is 0. The van der Waals surface area contributed by atoms with Crippen LogP contribution in [-0.2, 0) is 20.7 Å². The van der Waals surface area contributed by atoms with Gasteiger partial charge in [0.1, 0.15) is 23.4 Å². The van der Waals surface area contributed by atoms with E-state index < -0.39 is 35.2 Å². The molecule has 0 fully saturated rings. The fraction of sp³-hybridized carbons (Fsp3) is 0.452. The monoisotopic (exact) mass is 535 g/mol. The first-order chi connectivity index (χ1) is 18.1. The number of amides is 3. The van der Waals surface area contributed by atoms with Gasteiger partial charge in [-0.1, -0.05) is 43.2 Å². The Balaban J connectivity index is 2.60. The van der Waals surface area contributed by atoms with Gasteiger partial charge in [-0.15, -0.1) is 6.42 Å². The van der Waals surface area contributed by atoms with Crippen molar-refractivity contribution in [1.82, 2.24) is 15.5 Å². The van der Waals surface area contributed by atoms with E-state index in [2.05, 4.69) is 16.6 Å². The van der Waals surface area contributed by atoms with E-state index in [1.807, 2.05) is 27.7 Å². The average molecular weight is 536 g/mol. The molecule has 0 saturated heterocycles. The number of carbonyl (C=O) groups is 3. The molecule has 2 rings (SSSR count). The topological polar surface area (TPSA) is 108 Å². The average Bonchev–Trinajstić information content (AvgIpc) is 2.82. The fourth-order valence-corrected chi connectivity index (χ4v) is 4.08. The molecule has 2 atom stereocenters. The molecule has 0 aromatic heterocycles. The van der Waals surface area contributed by atoms with Gasteiger partial charge in [0.05, 0.1) is 0 Å². The van der Waals surface area contributed by atoms with Crippen molar-refractivity contribution in [3.05, 3.63) is 65.2 Å². The van der Waals surface area contributed by atoms with Crippen molar-refractivity contribution in [2.24, 2.45) is 0 Å². The summed E-state index contributed by atoms with van der Waals surface area (Å²) in [5.74, 6) is 1.87. The van der Waals surface area contributed by atoms with Crippen molar-refractivity contribution in [2.45, 2.75) is 84.5 Å². The maximum Gasteiger partial charge on any atom is 0.408 e. The van der Waals surface area contributed by atoms with Crippen LogP contribution < -0.4 is 10.6 Å². The zero-order chi connectivity index (χ0) is 29.4. The van der Waals surface area contributed by atoms with Crippen molar-refractivity contribution < 1.29 is 24.2 Å². The summed E-state index contributed by atoms with van der Waals surface area (Å²) in [5.41, 5.74) is 0.375. The quantitative estimate of drug-likeness (QED) is 0.403. The summed E-state index contributed by atoms with van der Waals surface area (Å²) in [6.07, 6.45) is 5.70. The Morgan fingerprint density at radius 1 is 1.03 bits per heavy atom. The summed E-state index contributed by atoms with van der Waals surface area (Å²) in [6.45, 7) is 12.9. The highest BCUT2D eigenvalue weighted by Crippen LogP contribution is 2.27. The molecule has 2 aromatic carbocycles. The second-order valence-electron chi connectivity index (χ2n) is 11.5. The normalized spacial score (nSPS) is 13.0. The van der Waals surface area contributed by atoms with Crippen LogP contribution in [0.15, 0.2) is 48.5 Å². The number of nitrogens with one attached hydrogen (secondary N) is 2. The zero-order valence-corrected chi connectivity index (χ0v) is 24.0. The van der Waals surface area contributed by atoms with Gasteiger partial charge in [0, 0.05) is 24.1 Å². The molecule has 0 aliphatic heterocycles. The van der Waals surface area contributed by atoms with Crippen LogP contribution in [0.2, 0.25) is 0 Å². The lowest BCUT2D eigenvalue weighted by Crippen LogP contribution is -2.55. The Bertz CT molecular complexity index is 1190. The van der Waals surface area contributed by atoms with Crippen LogP contribution in [0.1, 0.15) is 77.6 Å². The van der Waals surface area contributed by atoms with Crippen LogP contribution >= 0.6 is 0 Å². The third kappa shape index (κ3) is 9.68. The van der Waals surface area contributed by atoms with E-state index in [-0.39, 0.29) is 24.6 Å². The SMILES string of the molecule is C#Cc1ccccc1C(C(=O)NC(C)(C)C)N(CCC)C(=O)C(Cc1ccc(O)cc1)NC(=O)OC(C)(C)C. The summed E-state index contributed by atoms with van der Waals surface area (Å²) in [4.78, 5) is 42.3. The highest BCUT2D eigenvalue weighted by atomic mass is 16.6. The smallest absolute Gasteiger partial charge is 0.408 e. The van der Waals surface area contributed by atoms with Crippen molar-refractivity contribution in [3.8, 4) is 18.1 Å². The minimum Gasteiger partial charge on any atom is -0.508 e. The molecule has 2 unspecified atom stereocenters. The molecule has 0 aliphatic carbocycles. The van der Waals surface area contributed by atoms with E-state index >= 15 is 0 Å². The van der Waals surface area contributed by atoms with Gasteiger partial charge in [0.25, 0.3) is 0 Å². The van der Waals surface area contributed by atoms with Gasteiger partial charge < -0.3 is 25.4 Å². The first-order valence-electron chi connectivity index (χ1n) is 13.1. The van der Waals surface area contributed by atoms with E-state index in [9.17, 15) is 19.5 Å². The van der Waals surface area contributed by atoms with Crippen molar-refractivity contribution in [1.29, 1.82) is 0 Å². The Hall–Kier alpha value is -3.99. The van der Waals surface area contributed by atoms with Gasteiger partial charge in [-0.05, 0) is 77.3 Å². The van der Waals surface area contributed by atoms with Crippen LogP contribution in [-0.4, -0.2) is 51.6 Å². The van der Waals surface area contributed by atoms with E-state index in [0.717, 1.165) is 0 Å². The van der Waals surface area contributed by atoms with Gasteiger partial charge in [-0.2, -0.15) is 0 Å². The van der Waals surface area contributed by atoms with Gasteiger partial charge in [0.15, 0.2) is 0 Å². The number of hydrogen-bond acceptors (Lipinski definition) is 5. The zero-order valence-electron chi connectivity index (χ0n) is 24.0. The predicted molar refractivity (Wildman–Crippen MR) is 152 cm³/mol. The minimum atomic E-state index is -1.06. The van der Waals surface area contributed by atoms with E-state index in [1.165, 1.54) is 17.0 Å². The molecule has 8 heteroatoms. The molecule has 0 radical (unpaired) electrons. The number of terminal acetylenes is 1. The lowest BCUT2D eigenvalue weighted by Gasteiger charge is -2.36. The minimum absolute atomic E-state index is 0.0825. The summed E-state index contributed by atoms with van der Waals surface area (Å²) < 4.78 is 5.44. The first kappa shape index (κ1) is 31.2. The molecule has 0 bridgehead atoms. The second kappa shape index (κ2) is 13.2. The number of aromatic hydroxyl groups is 1. The molecule has 0 heterocycles. The molecular weight excluding hydrogens is 494 g/mol. The lowest BCUT2D eigenvalue weighted by molar-refractivity contribution is -0.143. The van der Waals surface area contributed by atoms with Crippen LogP contribution in [0, 0.1) is 12.3 Å². The number of phenols is 1. The van der Waals surface area contributed by atoms with Gasteiger partial charge in [-0.25, -0.2) is 4.79 Å². The van der Waals surface area contributed by atoms with Gasteiger partial charge in [-0.3, -0.25) is 9.59 Å². The largest absolute Gasteiger partial charge is 0.508 e. The molecule has 0 saturated carbocycles. The van der Waals surface area contributed by atoms with Crippen molar-refractivity contribution in [2.75, 3.05) is 6.54 Å². The third-order valence-electron chi connectivity index (χ3n) is 5.58. The Morgan fingerprint density at radius 3 is 2.18 bits per heavy atom. The van der Waals surface area contributed by atoms with E-state index in [1.54, 1.807) is 57.2 Å². The van der Waals surface area contributed by atoms with Crippen LogP contribution in [0.5, 0.6) is 5.75 Å². The molecule has 3 amide bonds. The molecule has 39 heavy (non-hydrogen) atoms. The first-order valence-corrected chi connectivity index (χ1v) is 13.1. The molecule has 8 nitrogen and oxygen atoms in total. The number of alkyl carbamates (subject to hydrolysis) is 1. The van der Waals surface area contributed by atoms with Crippen molar-refractivity contribution >= 4 is 17.9 Å². The number of rotatable bonds is 9. The summed E-state index contributed by atoms with van der Waals surface area (Å²) in [7, 11) is 0. The third-order valence-corrected chi connectivity index (χ3v) is 5.58. The molecule has 3 N–H and O–H groups in total. The Morgan fingerprint density at radius 2 is 1.64 bits per heavy atom. The van der Waals surface area contributed by atoms with Crippen LogP contribution in [0.25, 0.3) is 0 Å². The number of ether oxygens (including phenoxy) is 1. The van der Waals surface area contributed by atoms with Gasteiger partial charge in [0.2, 0.25) is 11.8 Å². The number of hydrogen-bond donors (Lipinski definition) is 3. The molecule has 210 valence electrons. The second-order valence-corrected chi connectivity index (χ2v) is 11.5. The summed E-state index contributed by atoms with van der Waals surface area (Å²) in [5, 5.41) is 15.4. The number of benzene rings is 2.